The lowest BCUT2D eigenvalue weighted by atomic mass is 10.1. The number of rotatable bonds is 7. The second-order valence-electron chi connectivity index (χ2n) is 11.0. The number of ether oxygens (including phenoxy) is 2. The summed E-state index contributed by atoms with van der Waals surface area (Å²) in [6, 6.07) is 36.9. The lowest BCUT2D eigenvalue weighted by Crippen LogP contribution is -2.41. The molecule has 48 heavy (non-hydrogen) atoms. The van der Waals surface area contributed by atoms with E-state index in [4.69, 9.17) is 9.47 Å². The number of para-hydroxylation sites is 2. The van der Waals surface area contributed by atoms with Gasteiger partial charge in [0.05, 0.1) is 21.8 Å². The van der Waals surface area contributed by atoms with Gasteiger partial charge in [0.2, 0.25) is 5.88 Å². The van der Waals surface area contributed by atoms with E-state index in [1.165, 1.54) is 24.3 Å². The van der Waals surface area contributed by atoms with Crippen LogP contribution < -0.4 is 16.0 Å². The SMILES string of the molecule is O=C(Oc1c(Cc2ccccc2S(=O)(=O)O)c(=O)n(-c2ccccc2)c(=O)n1-c1ccccc1)OC1c2ccccc2-c2ccccc21. The molecule has 0 atom stereocenters. The first-order valence-electron chi connectivity index (χ1n) is 14.9. The molecule has 7 rings (SSSR count). The van der Waals surface area contributed by atoms with Crippen LogP contribution in [0.4, 0.5) is 4.79 Å². The Morgan fingerprint density at radius 2 is 1.17 bits per heavy atom. The summed E-state index contributed by atoms with van der Waals surface area (Å²) in [5.41, 5.74) is 1.84. The second kappa shape index (κ2) is 12.3. The van der Waals surface area contributed by atoms with Crippen molar-refractivity contribution in [2.45, 2.75) is 17.4 Å². The fourth-order valence-corrected chi connectivity index (χ4v) is 6.75. The van der Waals surface area contributed by atoms with Crippen LogP contribution in [-0.4, -0.2) is 28.3 Å². The molecule has 0 fully saturated rings. The molecule has 0 aliphatic heterocycles. The maximum absolute atomic E-state index is 14.3. The van der Waals surface area contributed by atoms with Gasteiger partial charge >= 0.3 is 11.8 Å². The molecule has 0 unspecified atom stereocenters. The summed E-state index contributed by atoms with van der Waals surface area (Å²) in [7, 11) is -4.72. The van der Waals surface area contributed by atoms with Gasteiger partial charge in [0.25, 0.3) is 15.7 Å². The average molecular weight is 659 g/mol. The van der Waals surface area contributed by atoms with Gasteiger partial charge in [-0.3, -0.25) is 9.35 Å². The standard InChI is InChI=1S/C37H26N2O8S/c40-34-31(23-24-13-7-12-22-32(24)48(43,44)45)35(39(26-16-5-2-6-17-26)36(41)38(34)25-14-3-1-4-15-25)47-37(42)46-33-29-20-10-8-18-27(29)28-19-9-11-21-30(28)33/h1-22,33H,23H2,(H,43,44,45). The number of nitrogens with zero attached hydrogens (tertiary/aromatic N) is 2. The van der Waals surface area contributed by atoms with Crippen LogP contribution in [0.5, 0.6) is 5.88 Å². The first kappa shape index (κ1) is 30.6. The quantitative estimate of drug-likeness (QED) is 0.160. The first-order valence-corrected chi connectivity index (χ1v) is 16.3. The molecule has 10 nitrogen and oxygen atoms in total. The Labute approximate surface area is 274 Å². The van der Waals surface area contributed by atoms with Crippen LogP contribution in [0.2, 0.25) is 0 Å². The summed E-state index contributed by atoms with van der Waals surface area (Å²) in [6.45, 7) is 0. The first-order chi connectivity index (χ1) is 23.2. The minimum Gasteiger partial charge on any atom is -0.421 e. The molecule has 0 saturated heterocycles. The van der Waals surface area contributed by atoms with Crippen LogP contribution >= 0.6 is 0 Å². The fraction of sp³-hybridized carbons (Fsp3) is 0.0541. The average Bonchev–Trinajstić information content (AvgIpc) is 3.40. The molecule has 6 aromatic rings. The fourth-order valence-electron chi connectivity index (χ4n) is 6.03. The van der Waals surface area contributed by atoms with Crippen molar-refractivity contribution in [3.63, 3.8) is 0 Å². The topological polar surface area (TPSA) is 134 Å². The number of aromatic nitrogens is 2. The Morgan fingerprint density at radius 1 is 0.667 bits per heavy atom. The number of carbonyl (C=O) groups excluding carboxylic acids is 1. The van der Waals surface area contributed by atoms with Crippen molar-refractivity contribution in [3.05, 3.63) is 177 Å². The van der Waals surface area contributed by atoms with Gasteiger partial charge in [-0.05, 0) is 47.0 Å². The molecular weight excluding hydrogens is 632 g/mol. The molecule has 1 heterocycles. The molecule has 0 amide bonds. The van der Waals surface area contributed by atoms with Crippen molar-refractivity contribution in [3.8, 4) is 28.4 Å². The third-order valence-corrected chi connectivity index (χ3v) is 9.08. The highest BCUT2D eigenvalue weighted by molar-refractivity contribution is 7.85. The molecule has 1 aliphatic rings. The van der Waals surface area contributed by atoms with E-state index in [-0.39, 0.29) is 22.5 Å². The van der Waals surface area contributed by atoms with Crippen LogP contribution in [0.1, 0.15) is 28.4 Å². The maximum atomic E-state index is 14.3. The van der Waals surface area contributed by atoms with Gasteiger partial charge in [-0.2, -0.15) is 8.42 Å². The minimum atomic E-state index is -4.72. The van der Waals surface area contributed by atoms with E-state index in [0.717, 1.165) is 31.4 Å². The van der Waals surface area contributed by atoms with Crippen molar-refractivity contribution in [2.75, 3.05) is 0 Å². The Balaban J connectivity index is 1.42. The highest BCUT2D eigenvalue weighted by Gasteiger charge is 2.33. The van der Waals surface area contributed by atoms with Gasteiger partial charge in [0.15, 0.2) is 6.10 Å². The lowest BCUT2D eigenvalue weighted by Gasteiger charge is -2.20. The molecule has 0 saturated carbocycles. The maximum Gasteiger partial charge on any atom is 0.516 e. The molecule has 238 valence electrons. The molecule has 0 bridgehead atoms. The molecule has 1 aliphatic carbocycles. The lowest BCUT2D eigenvalue weighted by molar-refractivity contribution is 0.0721. The van der Waals surface area contributed by atoms with Gasteiger partial charge in [-0.1, -0.05) is 103 Å². The van der Waals surface area contributed by atoms with E-state index in [1.807, 2.05) is 48.5 Å². The summed E-state index contributed by atoms with van der Waals surface area (Å²) in [5, 5.41) is 0. The van der Waals surface area contributed by atoms with Gasteiger partial charge in [0.1, 0.15) is 0 Å². The second-order valence-corrected chi connectivity index (χ2v) is 12.4. The Bertz CT molecular complexity index is 2380. The molecule has 11 heteroatoms. The third kappa shape index (κ3) is 5.51. The summed E-state index contributed by atoms with van der Waals surface area (Å²) < 4.78 is 48.4. The normalized spacial score (nSPS) is 12.3. The Kier molecular flexibility index (Phi) is 7.83. The minimum absolute atomic E-state index is 0.0341. The van der Waals surface area contributed by atoms with E-state index < -0.39 is 50.8 Å². The number of hydrogen-bond donors (Lipinski definition) is 1. The predicted molar refractivity (Wildman–Crippen MR) is 178 cm³/mol. The zero-order chi connectivity index (χ0) is 33.4. The zero-order valence-electron chi connectivity index (χ0n) is 25.1. The number of benzene rings is 5. The third-order valence-electron chi connectivity index (χ3n) is 8.12. The predicted octanol–water partition coefficient (Wildman–Crippen LogP) is 6.11. The molecule has 0 radical (unpaired) electrons. The summed E-state index contributed by atoms with van der Waals surface area (Å²) in [4.78, 5) is 41.9. The van der Waals surface area contributed by atoms with Crippen molar-refractivity contribution >= 4 is 16.3 Å². The van der Waals surface area contributed by atoms with Crippen molar-refractivity contribution in [2.24, 2.45) is 0 Å². The van der Waals surface area contributed by atoms with Crippen molar-refractivity contribution in [1.82, 2.24) is 9.13 Å². The van der Waals surface area contributed by atoms with Crippen molar-refractivity contribution in [1.29, 1.82) is 0 Å². The highest BCUT2D eigenvalue weighted by Crippen LogP contribution is 2.45. The number of fused-ring (bicyclic) bond motifs is 3. The van der Waals surface area contributed by atoms with Gasteiger partial charge in [0, 0.05) is 17.5 Å². The summed E-state index contributed by atoms with van der Waals surface area (Å²) in [6.07, 6.45) is -2.47. The Hall–Kier alpha value is -6.04. The molecule has 5 aromatic carbocycles. The number of hydrogen-bond acceptors (Lipinski definition) is 7. The highest BCUT2D eigenvalue weighted by atomic mass is 32.2. The van der Waals surface area contributed by atoms with Gasteiger partial charge in [-0.25, -0.2) is 18.7 Å². The molecule has 1 N–H and O–H groups in total. The van der Waals surface area contributed by atoms with Crippen molar-refractivity contribution < 1.29 is 27.2 Å². The van der Waals surface area contributed by atoms with E-state index >= 15 is 0 Å². The monoisotopic (exact) mass is 658 g/mol. The number of carbonyl (C=O) groups is 1. The van der Waals surface area contributed by atoms with E-state index in [1.54, 1.807) is 60.7 Å². The van der Waals surface area contributed by atoms with E-state index in [2.05, 4.69) is 0 Å². The van der Waals surface area contributed by atoms with Crippen LogP contribution in [-0.2, 0) is 21.3 Å². The van der Waals surface area contributed by atoms with E-state index in [9.17, 15) is 27.4 Å². The van der Waals surface area contributed by atoms with Crippen LogP contribution in [0.15, 0.2) is 148 Å². The van der Waals surface area contributed by atoms with Crippen LogP contribution in [0, 0.1) is 0 Å². The smallest absolute Gasteiger partial charge is 0.421 e. The summed E-state index contributed by atoms with van der Waals surface area (Å²) in [5.74, 6) is -0.460. The molecule has 0 spiro atoms. The van der Waals surface area contributed by atoms with E-state index in [0.29, 0.717) is 0 Å². The van der Waals surface area contributed by atoms with Gasteiger partial charge in [-0.15, -0.1) is 0 Å². The summed E-state index contributed by atoms with van der Waals surface area (Å²) >= 11 is 0. The Morgan fingerprint density at radius 3 is 1.75 bits per heavy atom. The van der Waals surface area contributed by atoms with Gasteiger partial charge < -0.3 is 9.47 Å². The molecular formula is C37H26N2O8S. The largest absolute Gasteiger partial charge is 0.516 e. The zero-order valence-corrected chi connectivity index (χ0v) is 25.9. The van der Waals surface area contributed by atoms with Crippen LogP contribution in [0.3, 0.4) is 0 Å². The molecule has 1 aromatic heterocycles. The van der Waals surface area contributed by atoms with Crippen LogP contribution in [0.25, 0.3) is 22.5 Å².